The number of carboxylic acids is 1. The first-order valence-corrected chi connectivity index (χ1v) is 6.34. The summed E-state index contributed by atoms with van der Waals surface area (Å²) < 4.78 is 5.19. The highest BCUT2D eigenvalue weighted by molar-refractivity contribution is 5.74. The van der Waals surface area contributed by atoms with Crippen LogP contribution in [0.15, 0.2) is 0 Å². The molecule has 0 spiro atoms. The average Bonchev–Trinajstić information content (AvgIpc) is 2.89. The van der Waals surface area contributed by atoms with Gasteiger partial charge >= 0.3 is 12.1 Å². The minimum absolute atomic E-state index is 0.0232. The molecule has 0 aliphatic heterocycles. The third-order valence-corrected chi connectivity index (χ3v) is 3.02. The second kappa shape index (κ2) is 5.16. The van der Waals surface area contributed by atoms with Gasteiger partial charge in [-0.05, 0) is 39.0 Å². The van der Waals surface area contributed by atoms with Crippen molar-refractivity contribution in [1.29, 1.82) is 0 Å². The number of ether oxygens (including phenoxy) is 1. The van der Waals surface area contributed by atoms with Crippen molar-refractivity contribution < 1.29 is 19.4 Å². The quantitative estimate of drug-likeness (QED) is 0.810. The van der Waals surface area contributed by atoms with Crippen LogP contribution in [0, 0.1) is 17.8 Å². The van der Waals surface area contributed by atoms with Gasteiger partial charge in [0.05, 0.1) is 5.92 Å². The van der Waals surface area contributed by atoms with Crippen molar-refractivity contribution in [2.45, 2.75) is 52.7 Å². The fourth-order valence-electron chi connectivity index (χ4n) is 2.11. The Hall–Kier alpha value is -1.26. The number of alkyl carbamates (subject to hydrolysis) is 1. The maximum atomic E-state index is 11.7. The van der Waals surface area contributed by atoms with Crippen LogP contribution < -0.4 is 5.32 Å². The van der Waals surface area contributed by atoms with Crippen LogP contribution in [0.25, 0.3) is 0 Å². The smallest absolute Gasteiger partial charge is 0.407 e. The molecule has 1 amide bonds. The van der Waals surface area contributed by atoms with E-state index in [9.17, 15) is 9.59 Å². The van der Waals surface area contributed by atoms with Crippen LogP contribution in [-0.2, 0) is 9.53 Å². The summed E-state index contributed by atoms with van der Waals surface area (Å²) in [5.41, 5.74) is -0.540. The van der Waals surface area contributed by atoms with Gasteiger partial charge in [0.2, 0.25) is 0 Å². The summed E-state index contributed by atoms with van der Waals surface area (Å²) in [6.07, 6.45) is 0.158. The van der Waals surface area contributed by atoms with Gasteiger partial charge in [0, 0.05) is 6.04 Å². The molecule has 0 bridgehead atoms. The molecule has 1 aliphatic rings. The standard InChI is InChI=1S/C13H23NO4/c1-7(2)10(8-6-9(8)11(15)16)14-12(17)18-13(3,4)5/h7-10H,6H2,1-5H3,(H,14,17)(H,15,16)/t8-,9-,10?/m1/s1. The molecule has 0 aromatic rings. The van der Waals surface area contributed by atoms with Crippen LogP contribution in [-0.4, -0.2) is 28.8 Å². The summed E-state index contributed by atoms with van der Waals surface area (Å²) in [6, 6.07) is -0.138. The zero-order valence-electron chi connectivity index (χ0n) is 11.7. The number of nitrogens with one attached hydrogen (secondary N) is 1. The van der Waals surface area contributed by atoms with Crippen LogP contribution >= 0.6 is 0 Å². The van der Waals surface area contributed by atoms with Gasteiger partial charge in [-0.1, -0.05) is 13.8 Å². The van der Waals surface area contributed by atoms with E-state index in [4.69, 9.17) is 9.84 Å². The SMILES string of the molecule is CC(C)C(NC(=O)OC(C)(C)C)[C@@H]1C[C@H]1C(=O)O. The van der Waals surface area contributed by atoms with Crippen LogP contribution in [0.3, 0.4) is 0 Å². The lowest BCUT2D eigenvalue weighted by atomic mass is 9.98. The first-order chi connectivity index (χ1) is 8.11. The van der Waals surface area contributed by atoms with Crippen molar-refractivity contribution in [2.75, 3.05) is 0 Å². The van der Waals surface area contributed by atoms with Crippen molar-refractivity contribution in [3.63, 3.8) is 0 Å². The first-order valence-electron chi connectivity index (χ1n) is 6.34. The molecule has 0 heterocycles. The molecular formula is C13H23NO4. The number of rotatable bonds is 4. The van der Waals surface area contributed by atoms with Gasteiger partial charge in [-0.3, -0.25) is 4.79 Å². The highest BCUT2D eigenvalue weighted by atomic mass is 16.6. The number of carbonyl (C=O) groups is 2. The van der Waals surface area contributed by atoms with Crippen molar-refractivity contribution in [3.8, 4) is 0 Å². The van der Waals surface area contributed by atoms with E-state index in [1.165, 1.54) is 0 Å². The summed E-state index contributed by atoms with van der Waals surface area (Å²) in [6.45, 7) is 9.34. The Labute approximate surface area is 108 Å². The molecule has 1 unspecified atom stereocenters. The fourth-order valence-corrected chi connectivity index (χ4v) is 2.11. The number of aliphatic carboxylic acids is 1. The summed E-state index contributed by atoms with van der Waals surface area (Å²) in [5.74, 6) is -0.897. The summed E-state index contributed by atoms with van der Waals surface area (Å²) in [4.78, 5) is 22.6. The second-order valence-corrected chi connectivity index (χ2v) is 6.26. The van der Waals surface area contributed by atoms with Crippen LogP contribution in [0.2, 0.25) is 0 Å². The third kappa shape index (κ3) is 4.20. The van der Waals surface area contributed by atoms with Gasteiger partial charge in [0.1, 0.15) is 5.60 Å². The Kier molecular flexibility index (Phi) is 4.24. The highest BCUT2D eigenvalue weighted by Crippen LogP contribution is 2.43. The monoisotopic (exact) mass is 257 g/mol. The maximum Gasteiger partial charge on any atom is 0.407 e. The first kappa shape index (κ1) is 14.8. The largest absolute Gasteiger partial charge is 0.481 e. The average molecular weight is 257 g/mol. The lowest BCUT2D eigenvalue weighted by molar-refractivity contribution is -0.139. The predicted molar refractivity (Wildman–Crippen MR) is 67.2 cm³/mol. The number of amides is 1. The Morgan fingerprint density at radius 2 is 1.89 bits per heavy atom. The number of hydrogen-bond donors (Lipinski definition) is 2. The molecule has 0 aromatic heterocycles. The topological polar surface area (TPSA) is 75.6 Å². The Morgan fingerprint density at radius 3 is 2.22 bits per heavy atom. The van der Waals surface area contributed by atoms with Gasteiger partial charge in [0.15, 0.2) is 0 Å². The van der Waals surface area contributed by atoms with E-state index >= 15 is 0 Å². The molecule has 3 atom stereocenters. The molecule has 5 nitrogen and oxygen atoms in total. The van der Waals surface area contributed by atoms with Gasteiger partial charge < -0.3 is 15.2 Å². The van der Waals surface area contributed by atoms with E-state index in [0.717, 1.165) is 0 Å². The Bertz CT molecular complexity index is 332. The molecule has 1 aliphatic carbocycles. The molecule has 0 aromatic carbocycles. The zero-order chi connectivity index (χ0) is 14.1. The van der Waals surface area contributed by atoms with Crippen molar-refractivity contribution >= 4 is 12.1 Å². The Balaban J connectivity index is 2.55. The lowest BCUT2D eigenvalue weighted by Crippen LogP contribution is -2.43. The van der Waals surface area contributed by atoms with Crippen molar-refractivity contribution in [2.24, 2.45) is 17.8 Å². The van der Waals surface area contributed by atoms with E-state index in [1.807, 2.05) is 13.8 Å². The molecule has 0 radical (unpaired) electrons. The van der Waals surface area contributed by atoms with Crippen molar-refractivity contribution in [3.05, 3.63) is 0 Å². The Morgan fingerprint density at radius 1 is 1.33 bits per heavy atom. The lowest BCUT2D eigenvalue weighted by Gasteiger charge is -2.26. The molecule has 104 valence electrons. The molecule has 18 heavy (non-hydrogen) atoms. The number of carbonyl (C=O) groups excluding carboxylic acids is 1. The molecular weight excluding hydrogens is 234 g/mol. The summed E-state index contributed by atoms with van der Waals surface area (Å²) in [5, 5.41) is 11.7. The fraction of sp³-hybridized carbons (Fsp3) is 0.846. The third-order valence-electron chi connectivity index (χ3n) is 3.02. The van der Waals surface area contributed by atoms with E-state index in [2.05, 4.69) is 5.32 Å². The van der Waals surface area contributed by atoms with Gasteiger partial charge in [-0.15, -0.1) is 0 Å². The molecule has 0 saturated heterocycles. The normalized spacial score (nSPS) is 24.6. The van der Waals surface area contributed by atoms with Gasteiger partial charge in [-0.25, -0.2) is 4.79 Å². The number of hydrogen-bond acceptors (Lipinski definition) is 3. The summed E-state index contributed by atoms with van der Waals surface area (Å²) in [7, 11) is 0. The van der Waals surface area contributed by atoms with E-state index in [1.54, 1.807) is 20.8 Å². The van der Waals surface area contributed by atoms with Crippen LogP contribution in [0.1, 0.15) is 41.0 Å². The van der Waals surface area contributed by atoms with Crippen LogP contribution in [0.5, 0.6) is 0 Å². The molecule has 2 N–H and O–H groups in total. The zero-order valence-corrected chi connectivity index (χ0v) is 11.7. The molecule has 1 fully saturated rings. The van der Waals surface area contributed by atoms with E-state index in [0.29, 0.717) is 6.42 Å². The predicted octanol–water partition coefficient (Wildman–Crippen LogP) is 2.26. The number of carboxylic acid groups (broad SMARTS) is 1. The minimum atomic E-state index is -0.781. The maximum absolute atomic E-state index is 11.7. The molecule has 1 rings (SSSR count). The van der Waals surface area contributed by atoms with Gasteiger partial charge in [-0.2, -0.15) is 0 Å². The summed E-state index contributed by atoms with van der Waals surface area (Å²) >= 11 is 0. The highest BCUT2D eigenvalue weighted by Gasteiger charge is 2.49. The van der Waals surface area contributed by atoms with Crippen LogP contribution in [0.4, 0.5) is 4.79 Å². The van der Waals surface area contributed by atoms with E-state index < -0.39 is 17.7 Å². The molecule has 1 saturated carbocycles. The molecule has 5 heteroatoms. The van der Waals surface area contributed by atoms with Crippen molar-refractivity contribution in [1.82, 2.24) is 5.32 Å². The minimum Gasteiger partial charge on any atom is -0.481 e. The second-order valence-electron chi connectivity index (χ2n) is 6.26. The van der Waals surface area contributed by atoms with E-state index in [-0.39, 0.29) is 23.8 Å². The van der Waals surface area contributed by atoms with Gasteiger partial charge in [0.25, 0.3) is 0 Å².